The fourth-order valence-corrected chi connectivity index (χ4v) is 1.87. The topological polar surface area (TPSA) is 78.4 Å². The van der Waals surface area contributed by atoms with Gasteiger partial charge in [0.1, 0.15) is 0 Å². The van der Waals surface area contributed by atoms with Crippen LogP contribution in [-0.2, 0) is 17.9 Å². The third-order valence-corrected chi connectivity index (χ3v) is 2.94. The van der Waals surface area contributed by atoms with E-state index in [1.165, 1.54) is 0 Å². The van der Waals surface area contributed by atoms with Crippen LogP contribution in [0.3, 0.4) is 0 Å². The summed E-state index contributed by atoms with van der Waals surface area (Å²) in [6, 6.07) is 9.20. The molecule has 6 heteroatoms. The lowest BCUT2D eigenvalue weighted by atomic mass is 10.1. The Labute approximate surface area is 123 Å². The molecule has 1 heterocycles. The fourth-order valence-electron chi connectivity index (χ4n) is 1.87. The van der Waals surface area contributed by atoms with E-state index in [0.717, 1.165) is 11.1 Å². The molecule has 2 N–H and O–H groups in total. The molecule has 110 valence electrons. The van der Waals surface area contributed by atoms with E-state index in [1.54, 1.807) is 30.4 Å². The quantitative estimate of drug-likeness (QED) is 0.818. The minimum Gasteiger partial charge on any atom is -0.392 e. The summed E-state index contributed by atoms with van der Waals surface area (Å²) < 4.78 is 0. The molecule has 2 aromatic rings. The van der Waals surface area contributed by atoms with Gasteiger partial charge in [-0.1, -0.05) is 24.3 Å². The molecule has 0 aliphatic heterocycles. The van der Waals surface area contributed by atoms with Gasteiger partial charge in [-0.2, -0.15) is 0 Å². The summed E-state index contributed by atoms with van der Waals surface area (Å²) in [5.41, 5.74) is 1.78. The first-order valence-corrected chi connectivity index (χ1v) is 6.62. The van der Waals surface area contributed by atoms with Crippen LogP contribution < -0.4 is 10.2 Å². The fraction of sp³-hybridized carbons (Fsp3) is 0.267. The Morgan fingerprint density at radius 1 is 1.24 bits per heavy atom. The molecule has 1 aromatic carbocycles. The minimum absolute atomic E-state index is 0.00410. The summed E-state index contributed by atoms with van der Waals surface area (Å²) in [4.78, 5) is 21.7. The van der Waals surface area contributed by atoms with E-state index >= 15 is 0 Å². The Morgan fingerprint density at radius 2 is 1.95 bits per heavy atom. The summed E-state index contributed by atoms with van der Waals surface area (Å²) in [5, 5.41) is 11.9. The maximum Gasteiger partial charge on any atom is 0.239 e. The number of anilines is 1. The van der Waals surface area contributed by atoms with Crippen LogP contribution in [0.15, 0.2) is 42.7 Å². The van der Waals surface area contributed by atoms with Gasteiger partial charge < -0.3 is 15.3 Å². The first kappa shape index (κ1) is 14.9. The molecule has 0 saturated carbocycles. The molecule has 0 saturated heterocycles. The summed E-state index contributed by atoms with van der Waals surface area (Å²) in [6.07, 6.45) is 3.27. The van der Waals surface area contributed by atoms with E-state index < -0.39 is 0 Å². The van der Waals surface area contributed by atoms with Gasteiger partial charge in [-0.05, 0) is 17.2 Å². The zero-order chi connectivity index (χ0) is 15.1. The molecule has 0 radical (unpaired) electrons. The van der Waals surface area contributed by atoms with Crippen molar-refractivity contribution in [1.82, 2.24) is 15.3 Å². The number of amides is 1. The van der Waals surface area contributed by atoms with Crippen molar-refractivity contribution in [3.05, 3.63) is 53.9 Å². The van der Waals surface area contributed by atoms with Crippen LogP contribution in [0.5, 0.6) is 0 Å². The van der Waals surface area contributed by atoms with Crippen molar-refractivity contribution in [3.63, 3.8) is 0 Å². The zero-order valence-electron chi connectivity index (χ0n) is 11.9. The molecule has 0 spiro atoms. The Hall–Kier alpha value is -2.47. The summed E-state index contributed by atoms with van der Waals surface area (Å²) >= 11 is 0. The van der Waals surface area contributed by atoms with E-state index in [0.29, 0.717) is 12.5 Å². The van der Waals surface area contributed by atoms with E-state index in [9.17, 15) is 4.79 Å². The number of benzene rings is 1. The van der Waals surface area contributed by atoms with Crippen molar-refractivity contribution in [3.8, 4) is 0 Å². The van der Waals surface area contributed by atoms with Crippen molar-refractivity contribution in [2.45, 2.75) is 13.2 Å². The molecular weight excluding hydrogens is 268 g/mol. The van der Waals surface area contributed by atoms with Crippen LogP contribution in [0.4, 0.5) is 5.95 Å². The Morgan fingerprint density at radius 3 is 2.67 bits per heavy atom. The van der Waals surface area contributed by atoms with Crippen LogP contribution >= 0.6 is 0 Å². The Balaban J connectivity index is 1.84. The summed E-state index contributed by atoms with van der Waals surface area (Å²) in [7, 11) is 1.77. The lowest BCUT2D eigenvalue weighted by Crippen LogP contribution is -2.35. The van der Waals surface area contributed by atoms with Crippen molar-refractivity contribution in [1.29, 1.82) is 0 Å². The predicted octanol–water partition coefficient (Wildman–Crippen LogP) is 0.721. The number of aliphatic hydroxyl groups is 1. The highest BCUT2D eigenvalue weighted by Gasteiger charge is 2.08. The Kier molecular flexibility index (Phi) is 5.22. The van der Waals surface area contributed by atoms with Gasteiger partial charge in [-0.25, -0.2) is 9.97 Å². The third-order valence-electron chi connectivity index (χ3n) is 2.94. The van der Waals surface area contributed by atoms with Crippen LogP contribution in [0.2, 0.25) is 0 Å². The molecule has 0 unspecified atom stereocenters. The average Bonchev–Trinajstić information content (AvgIpc) is 2.54. The third kappa shape index (κ3) is 4.54. The van der Waals surface area contributed by atoms with Gasteiger partial charge in [0, 0.05) is 26.0 Å². The molecule has 6 nitrogen and oxygen atoms in total. The first-order chi connectivity index (χ1) is 10.2. The van der Waals surface area contributed by atoms with E-state index in [1.807, 2.05) is 24.3 Å². The molecule has 0 fully saturated rings. The summed E-state index contributed by atoms with van der Waals surface area (Å²) in [5.74, 6) is 0.397. The van der Waals surface area contributed by atoms with Gasteiger partial charge in [-0.3, -0.25) is 4.79 Å². The molecule has 0 aliphatic carbocycles. The highest BCUT2D eigenvalue weighted by molar-refractivity contribution is 5.80. The average molecular weight is 286 g/mol. The lowest BCUT2D eigenvalue weighted by molar-refractivity contribution is -0.119. The second-order valence-corrected chi connectivity index (χ2v) is 4.66. The van der Waals surface area contributed by atoms with Crippen LogP contribution in [0.1, 0.15) is 11.1 Å². The molecule has 0 aliphatic rings. The normalized spacial score (nSPS) is 10.2. The molecule has 2 rings (SSSR count). The molecule has 0 bridgehead atoms. The number of rotatable bonds is 6. The second-order valence-electron chi connectivity index (χ2n) is 4.66. The SMILES string of the molecule is CN(CC(=O)NCc1cccc(CO)c1)c1ncccn1. The summed E-state index contributed by atoms with van der Waals surface area (Å²) in [6.45, 7) is 0.607. The number of aliphatic hydroxyl groups excluding tert-OH is 1. The molecule has 1 aromatic heterocycles. The van der Waals surface area contributed by atoms with Gasteiger partial charge in [0.2, 0.25) is 11.9 Å². The number of carbonyl (C=O) groups excluding carboxylic acids is 1. The van der Waals surface area contributed by atoms with Crippen molar-refractivity contribution < 1.29 is 9.90 Å². The zero-order valence-corrected chi connectivity index (χ0v) is 11.9. The van der Waals surface area contributed by atoms with Gasteiger partial charge >= 0.3 is 0 Å². The van der Waals surface area contributed by atoms with Crippen molar-refractivity contribution in [2.75, 3.05) is 18.5 Å². The van der Waals surface area contributed by atoms with E-state index in [-0.39, 0.29) is 19.1 Å². The van der Waals surface area contributed by atoms with Gasteiger partial charge in [0.05, 0.1) is 13.2 Å². The second kappa shape index (κ2) is 7.35. The Bertz CT molecular complexity index is 589. The monoisotopic (exact) mass is 286 g/mol. The molecular formula is C15H18N4O2. The predicted molar refractivity (Wildman–Crippen MR) is 79.5 cm³/mol. The number of aromatic nitrogens is 2. The lowest BCUT2D eigenvalue weighted by Gasteiger charge is -2.16. The maximum absolute atomic E-state index is 11.9. The number of hydrogen-bond acceptors (Lipinski definition) is 5. The van der Waals surface area contributed by atoms with E-state index in [2.05, 4.69) is 15.3 Å². The van der Waals surface area contributed by atoms with Crippen molar-refractivity contribution >= 4 is 11.9 Å². The highest BCUT2D eigenvalue weighted by atomic mass is 16.3. The van der Waals surface area contributed by atoms with Crippen LogP contribution in [0, 0.1) is 0 Å². The maximum atomic E-state index is 11.9. The van der Waals surface area contributed by atoms with Crippen molar-refractivity contribution in [2.24, 2.45) is 0 Å². The number of nitrogens with one attached hydrogen (secondary N) is 1. The standard InChI is InChI=1S/C15H18N4O2/c1-19(15-16-6-3-7-17-15)10-14(21)18-9-12-4-2-5-13(8-12)11-20/h2-8,20H,9-11H2,1H3,(H,18,21). The van der Waals surface area contributed by atoms with E-state index in [4.69, 9.17) is 5.11 Å². The molecule has 21 heavy (non-hydrogen) atoms. The first-order valence-electron chi connectivity index (χ1n) is 6.62. The number of nitrogens with zero attached hydrogens (tertiary/aromatic N) is 3. The number of carbonyl (C=O) groups is 1. The smallest absolute Gasteiger partial charge is 0.239 e. The number of likely N-dealkylation sites (N-methyl/N-ethyl adjacent to an activating group) is 1. The number of hydrogen-bond donors (Lipinski definition) is 2. The van der Waals surface area contributed by atoms with Crippen LogP contribution in [-0.4, -0.2) is 34.6 Å². The van der Waals surface area contributed by atoms with Gasteiger partial charge in [0.15, 0.2) is 0 Å². The molecule has 0 atom stereocenters. The highest BCUT2D eigenvalue weighted by Crippen LogP contribution is 2.05. The molecule has 1 amide bonds. The minimum atomic E-state index is -0.112. The largest absolute Gasteiger partial charge is 0.392 e. The van der Waals surface area contributed by atoms with Crippen LogP contribution in [0.25, 0.3) is 0 Å². The van der Waals surface area contributed by atoms with Gasteiger partial charge in [0.25, 0.3) is 0 Å². The van der Waals surface area contributed by atoms with Gasteiger partial charge in [-0.15, -0.1) is 0 Å².